The monoisotopic (exact) mass is 188 g/mol. The molecule has 0 heterocycles. The Hall–Kier alpha value is -0.920. The van der Waals surface area contributed by atoms with Crippen molar-refractivity contribution in [3.8, 4) is 0 Å². The second-order valence-electron chi connectivity index (χ2n) is 2.45. The zero-order valence-corrected chi connectivity index (χ0v) is 7.35. The van der Waals surface area contributed by atoms with E-state index in [-0.39, 0.29) is 14.9 Å². The van der Waals surface area contributed by atoms with Crippen LogP contribution in [0.15, 0.2) is 24.7 Å². The Balaban J connectivity index is -0.000000500. The fraction of sp³-hybridized carbons (Fsp3) is 0.636. The molecule has 0 aromatic carbocycles. The van der Waals surface area contributed by atoms with Crippen molar-refractivity contribution in [1.29, 1.82) is 0 Å². The molecule has 2 heteroatoms. The minimum atomic E-state index is 0. The predicted octanol–water partition coefficient (Wildman–Crippen LogP) is 3.75. The van der Waals surface area contributed by atoms with Crippen molar-refractivity contribution in [3.63, 3.8) is 0 Å². The van der Waals surface area contributed by atoms with Crippen LogP contribution < -0.4 is 0 Å². The first-order valence-corrected chi connectivity index (χ1v) is 3.69. The Morgan fingerprint density at radius 2 is 1.23 bits per heavy atom. The zero-order chi connectivity index (χ0) is 8.69. The summed E-state index contributed by atoms with van der Waals surface area (Å²) in [5.74, 6) is 1.50. The molecule has 0 bridgehead atoms. The molecule has 0 unspecified atom stereocenters. The van der Waals surface area contributed by atoms with Crippen LogP contribution in [0.5, 0.6) is 0 Å². The smallest absolute Gasteiger partial charge is 0.0909 e. The van der Waals surface area contributed by atoms with Gasteiger partial charge < -0.3 is 9.47 Å². The molecular formula is C11H24O2. The summed E-state index contributed by atoms with van der Waals surface area (Å²) < 4.78 is 10.2. The second kappa shape index (κ2) is 11.1. The molecule has 0 radical (unpaired) electrons. The first kappa shape index (κ1) is 18.0. The average Bonchev–Trinajstić information content (AvgIpc) is 1.85. The number of hydrogen-bond donors (Lipinski definition) is 0. The maximum Gasteiger partial charge on any atom is 0.0909 e. The summed E-state index contributed by atoms with van der Waals surface area (Å²) in [7, 11) is 0. The van der Waals surface area contributed by atoms with Gasteiger partial charge in [-0.05, 0) is 13.8 Å². The van der Waals surface area contributed by atoms with Crippen LogP contribution in [0, 0.1) is 0 Å². The van der Waals surface area contributed by atoms with Gasteiger partial charge >= 0.3 is 0 Å². The summed E-state index contributed by atoms with van der Waals surface area (Å²) in [6.45, 7) is 12.2. The SMILES string of the molecule is C.C.C=C(C)OCCCOC(=C)C. The molecular weight excluding hydrogens is 164 g/mol. The molecule has 0 aliphatic carbocycles. The van der Waals surface area contributed by atoms with Crippen LogP contribution in [-0.4, -0.2) is 13.2 Å². The van der Waals surface area contributed by atoms with E-state index in [1.165, 1.54) is 0 Å². The van der Waals surface area contributed by atoms with Gasteiger partial charge in [-0.3, -0.25) is 0 Å². The van der Waals surface area contributed by atoms with Crippen molar-refractivity contribution in [2.75, 3.05) is 13.2 Å². The first-order chi connectivity index (χ1) is 5.13. The van der Waals surface area contributed by atoms with Crippen molar-refractivity contribution < 1.29 is 9.47 Å². The Bertz CT molecular complexity index is 123. The number of allylic oxidation sites excluding steroid dienone is 2. The highest BCUT2D eigenvalue weighted by atomic mass is 16.5. The normalized spacial score (nSPS) is 7.54. The van der Waals surface area contributed by atoms with Crippen LogP contribution in [0.2, 0.25) is 0 Å². The molecule has 13 heavy (non-hydrogen) atoms. The van der Waals surface area contributed by atoms with Gasteiger partial charge in [0.1, 0.15) is 0 Å². The number of hydrogen-bond acceptors (Lipinski definition) is 2. The lowest BCUT2D eigenvalue weighted by Gasteiger charge is -2.06. The third-order valence-electron chi connectivity index (χ3n) is 0.986. The predicted molar refractivity (Wildman–Crippen MR) is 59.6 cm³/mol. The third-order valence-corrected chi connectivity index (χ3v) is 0.986. The second-order valence-corrected chi connectivity index (χ2v) is 2.45. The van der Waals surface area contributed by atoms with E-state index in [9.17, 15) is 0 Å². The largest absolute Gasteiger partial charge is 0.499 e. The molecule has 0 N–H and O–H groups in total. The van der Waals surface area contributed by atoms with E-state index in [0.29, 0.717) is 13.2 Å². The van der Waals surface area contributed by atoms with Crippen LogP contribution in [0.1, 0.15) is 35.1 Å². The van der Waals surface area contributed by atoms with Crippen LogP contribution in [0.3, 0.4) is 0 Å². The minimum absolute atomic E-state index is 0. The summed E-state index contributed by atoms with van der Waals surface area (Å²) in [4.78, 5) is 0. The van der Waals surface area contributed by atoms with Crippen molar-refractivity contribution in [1.82, 2.24) is 0 Å². The van der Waals surface area contributed by atoms with Crippen molar-refractivity contribution in [2.45, 2.75) is 35.1 Å². The summed E-state index contributed by atoms with van der Waals surface area (Å²) >= 11 is 0. The quantitative estimate of drug-likeness (QED) is 0.467. The van der Waals surface area contributed by atoms with Gasteiger partial charge in [0.15, 0.2) is 0 Å². The third kappa shape index (κ3) is 18.2. The Morgan fingerprint density at radius 3 is 1.46 bits per heavy atom. The van der Waals surface area contributed by atoms with Gasteiger partial charge in [0, 0.05) is 6.42 Å². The number of ether oxygens (including phenoxy) is 2. The lowest BCUT2D eigenvalue weighted by molar-refractivity contribution is 0.155. The fourth-order valence-corrected chi connectivity index (χ4v) is 0.552. The van der Waals surface area contributed by atoms with E-state index in [1.807, 2.05) is 13.8 Å². The van der Waals surface area contributed by atoms with Crippen LogP contribution in [0.25, 0.3) is 0 Å². The Labute approximate surface area is 83.2 Å². The maximum absolute atomic E-state index is 5.12. The van der Waals surface area contributed by atoms with Crippen molar-refractivity contribution in [3.05, 3.63) is 24.7 Å². The van der Waals surface area contributed by atoms with Crippen LogP contribution in [0.4, 0.5) is 0 Å². The highest BCUT2D eigenvalue weighted by Gasteiger charge is 1.89. The highest BCUT2D eigenvalue weighted by molar-refractivity contribution is 4.74. The molecule has 0 fully saturated rings. The van der Waals surface area contributed by atoms with Crippen LogP contribution in [-0.2, 0) is 9.47 Å². The van der Waals surface area contributed by atoms with E-state index in [1.54, 1.807) is 0 Å². The Kier molecular flexibility index (Phi) is 15.3. The van der Waals surface area contributed by atoms with Gasteiger partial charge in [0.25, 0.3) is 0 Å². The van der Waals surface area contributed by atoms with E-state index >= 15 is 0 Å². The Morgan fingerprint density at radius 1 is 0.923 bits per heavy atom. The van der Waals surface area contributed by atoms with Gasteiger partial charge in [0.05, 0.1) is 24.7 Å². The lowest BCUT2D eigenvalue weighted by Crippen LogP contribution is -1.98. The number of rotatable bonds is 6. The molecule has 0 aromatic heterocycles. The van der Waals surface area contributed by atoms with E-state index in [2.05, 4.69) is 13.2 Å². The molecule has 80 valence electrons. The van der Waals surface area contributed by atoms with E-state index in [0.717, 1.165) is 17.9 Å². The molecule has 0 spiro atoms. The summed E-state index contributed by atoms with van der Waals surface area (Å²) in [5.41, 5.74) is 0. The van der Waals surface area contributed by atoms with Crippen molar-refractivity contribution in [2.24, 2.45) is 0 Å². The molecule has 0 saturated carbocycles. The summed E-state index contributed by atoms with van der Waals surface area (Å²) in [6, 6.07) is 0. The molecule has 0 saturated heterocycles. The molecule has 0 atom stereocenters. The highest BCUT2D eigenvalue weighted by Crippen LogP contribution is 1.95. The van der Waals surface area contributed by atoms with Gasteiger partial charge in [-0.25, -0.2) is 0 Å². The molecule has 0 aliphatic rings. The molecule has 2 nitrogen and oxygen atoms in total. The van der Waals surface area contributed by atoms with Gasteiger partial charge in [0.2, 0.25) is 0 Å². The van der Waals surface area contributed by atoms with E-state index in [4.69, 9.17) is 9.47 Å². The van der Waals surface area contributed by atoms with Crippen molar-refractivity contribution >= 4 is 0 Å². The fourth-order valence-electron chi connectivity index (χ4n) is 0.552. The molecule has 0 rings (SSSR count). The maximum atomic E-state index is 5.12. The lowest BCUT2D eigenvalue weighted by atomic mass is 10.5. The van der Waals surface area contributed by atoms with Gasteiger partial charge in [-0.1, -0.05) is 28.0 Å². The van der Waals surface area contributed by atoms with Crippen LogP contribution >= 0.6 is 0 Å². The molecule has 0 aromatic rings. The standard InChI is InChI=1S/C9H16O2.2CH4/c1-8(2)10-6-5-7-11-9(3)4;;/h1,3,5-7H2,2,4H3;2*1H4. The summed E-state index contributed by atoms with van der Waals surface area (Å²) in [6.07, 6.45) is 0.875. The van der Waals surface area contributed by atoms with Gasteiger partial charge in [-0.15, -0.1) is 0 Å². The zero-order valence-electron chi connectivity index (χ0n) is 7.35. The first-order valence-electron chi connectivity index (χ1n) is 3.69. The van der Waals surface area contributed by atoms with E-state index < -0.39 is 0 Å². The average molecular weight is 188 g/mol. The topological polar surface area (TPSA) is 18.5 Å². The molecule has 0 aliphatic heterocycles. The minimum Gasteiger partial charge on any atom is -0.499 e. The van der Waals surface area contributed by atoms with Gasteiger partial charge in [-0.2, -0.15) is 0 Å². The molecule has 0 amide bonds. The summed E-state index contributed by atoms with van der Waals surface area (Å²) in [5, 5.41) is 0.